The van der Waals surface area contributed by atoms with E-state index in [9.17, 15) is 19.3 Å². The van der Waals surface area contributed by atoms with Crippen LogP contribution >= 0.6 is 0 Å². The Morgan fingerprint density at radius 3 is 2.31 bits per heavy atom. The lowest BCUT2D eigenvalue weighted by molar-refractivity contribution is -0.384. The van der Waals surface area contributed by atoms with Gasteiger partial charge in [-0.25, -0.2) is 9.37 Å². The predicted molar refractivity (Wildman–Crippen MR) is 102 cm³/mol. The lowest BCUT2D eigenvalue weighted by atomic mass is 10.2. The fourth-order valence-electron chi connectivity index (χ4n) is 2.45. The standard InChI is InChI=1S/C19H16FN5O3.ClH/c20-14-5-1-12(2-6-14)11-22-17-10-9-16(18(21)24-17)23-19(26)13-3-7-15(8-4-13)25(27)28;/h1-10H,11H2,(H,23,26)(H3,21,22,24);1H. The number of nitrogens with two attached hydrogens (primary N) is 1. The van der Waals surface area contributed by atoms with Crippen molar-refractivity contribution >= 4 is 28.9 Å². The van der Waals surface area contributed by atoms with E-state index in [2.05, 4.69) is 15.6 Å². The van der Waals surface area contributed by atoms with Gasteiger partial charge >= 0.3 is 0 Å². The molecule has 29 heavy (non-hydrogen) atoms. The van der Waals surface area contributed by atoms with Crippen molar-refractivity contribution in [1.29, 1.82) is 0 Å². The third-order valence-electron chi connectivity index (χ3n) is 3.96. The van der Waals surface area contributed by atoms with E-state index in [1.165, 1.54) is 36.4 Å². The third-order valence-corrected chi connectivity index (χ3v) is 3.96. The lowest BCUT2D eigenvalue weighted by Crippen LogP contribution is -3.00. The molecule has 2 aromatic carbocycles. The number of nitro groups is 1. The van der Waals surface area contributed by atoms with E-state index in [1.54, 1.807) is 24.3 Å². The summed E-state index contributed by atoms with van der Waals surface area (Å²) in [6.07, 6.45) is 0. The molecule has 8 nitrogen and oxygen atoms in total. The fraction of sp³-hybridized carbons (Fsp3) is 0.0526. The number of carbonyl (C=O) groups excluding carboxylic acids is 1. The monoisotopic (exact) mass is 417 g/mol. The second kappa shape index (κ2) is 9.47. The molecule has 3 rings (SSSR count). The molecule has 1 heterocycles. The average molecular weight is 418 g/mol. The van der Waals surface area contributed by atoms with Gasteiger partial charge in [0.25, 0.3) is 11.6 Å². The number of carbonyl (C=O) groups is 1. The zero-order valence-corrected chi connectivity index (χ0v) is 15.7. The highest BCUT2D eigenvalue weighted by atomic mass is 35.5. The molecule has 0 spiro atoms. The summed E-state index contributed by atoms with van der Waals surface area (Å²) in [6, 6.07) is 14.7. The normalized spacial score (nSPS) is 9.97. The molecule has 1 aromatic heterocycles. The summed E-state index contributed by atoms with van der Waals surface area (Å²) in [4.78, 5) is 25.3. The molecular formula is C19H17ClFN5O3. The van der Waals surface area contributed by atoms with E-state index < -0.39 is 10.8 Å². The first-order valence-electron chi connectivity index (χ1n) is 8.28. The van der Waals surface area contributed by atoms with Crippen molar-refractivity contribution in [3.63, 3.8) is 0 Å². The zero-order chi connectivity index (χ0) is 20.1. The molecule has 10 heteroatoms. The van der Waals surface area contributed by atoms with Gasteiger partial charge in [0.1, 0.15) is 11.5 Å². The molecule has 0 aliphatic carbocycles. The molecule has 0 saturated carbocycles. The van der Waals surface area contributed by atoms with Crippen LogP contribution in [0.25, 0.3) is 0 Å². The molecule has 0 aliphatic heterocycles. The third kappa shape index (κ3) is 5.63. The van der Waals surface area contributed by atoms with Gasteiger partial charge in [-0.2, -0.15) is 0 Å². The van der Waals surface area contributed by atoms with Crippen molar-refractivity contribution in [3.8, 4) is 0 Å². The maximum Gasteiger partial charge on any atom is 0.269 e. The van der Waals surface area contributed by atoms with Crippen LogP contribution in [0, 0.1) is 15.9 Å². The minimum atomic E-state index is -0.535. The highest BCUT2D eigenvalue weighted by Crippen LogP contribution is 2.18. The summed E-state index contributed by atoms with van der Waals surface area (Å²) >= 11 is 0. The molecule has 0 unspecified atom stereocenters. The number of nitro benzene ring substituents is 1. The predicted octanol–water partition coefficient (Wildman–Crippen LogP) is -0.00140. The Kier molecular flexibility index (Phi) is 7.05. The molecule has 0 radical (unpaired) electrons. The number of aromatic nitrogens is 1. The summed E-state index contributed by atoms with van der Waals surface area (Å²) < 4.78 is 12.9. The van der Waals surface area contributed by atoms with Gasteiger partial charge in [-0.05, 0) is 35.9 Å². The highest BCUT2D eigenvalue weighted by Gasteiger charge is 2.13. The van der Waals surface area contributed by atoms with Gasteiger partial charge in [-0.15, -0.1) is 0 Å². The Morgan fingerprint density at radius 1 is 1.07 bits per heavy atom. The fourth-order valence-corrected chi connectivity index (χ4v) is 2.45. The number of halogens is 2. The Labute approximate surface area is 171 Å². The molecule has 0 atom stereocenters. The summed E-state index contributed by atoms with van der Waals surface area (Å²) in [6.45, 7) is 0.463. The maximum absolute atomic E-state index is 12.9. The Morgan fingerprint density at radius 2 is 1.72 bits per heavy atom. The van der Waals surface area contributed by atoms with Crippen LogP contribution in [-0.4, -0.2) is 10.8 Å². The van der Waals surface area contributed by atoms with Gasteiger partial charge in [0.2, 0.25) is 11.6 Å². The number of nitrogens with zero attached hydrogens (tertiary/aromatic N) is 1. The van der Waals surface area contributed by atoms with Gasteiger partial charge in [0.15, 0.2) is 0 Å². The minimum Gasteiger partial charge on any atom is -1.00 e. The van der Waals surface area contributed by atoms with Crippen molar-refractivity contribution in [3.05, 3.63) is 87.7 Å². The molecule has 150 valence electrons. The lowest BCUT2D eigenvalue weighted by Gasteiger charge is -2.08. The van der Waals surface area contributed by atoms with Crippen LogP contribution in [0.1, 0.15) is 15.9 Å². The number of hydrogen-bond acceptors (Lipinski definition) is 5. The number of anilines is 3. The highest BCUT2D eigenvalue weighted by molar-refractivity contribution is 6.05. The number of rotatable bonds is 6. The number of benzene rings is 2. The summed E-state index contributed by atoms with van der Waals surface area (Å²) in [7, 11) is 0. The zero-order valence-electron chi connectivity index (χ0n) is 15.0. The van der Waals surface area contributed by atoms with Crippen molar-refractivity contribution in [2.45, 2.75) is 6.54 Å². The number of nitrogen functional groups attached to an aromatic ring is 1. The van der Waals surface area contributed by atoms with Crippen LogP contribution in [-0.2, 0) is 6.54 Å². The first-order chi connectivity index (χ1) is 13.4. The maximum atomic E-state index is 12.9. The smallest absolute Gasteiger partial charge is 0.269 e. The van der Waals surface area contributed by atoms with Crippen molar-refractivity contribution in [1.82, 2.24) is 0 Å². The topological polar surface area (TPSA) is 124 Å². The van der Waals surface area contributed by atoms with E-state index in [0.717, 1.165) is 5.56 Å². The minimum absolute atomic E-state index is 0. The van der Waals surface area contributed by atoms with Gasteiger partial charge in [-0.1, -0.05) is 12.1 Å². The SMILES string of the molecule is Nc1[nH+]c(NCc2ccc(F)cc2)ccc1NC(=O)c1ccc([N+](=O)[O-])cc1.[Cl-]. The first kappa shape index (κ1) is 21.6. The van der Waals surface area contributed by atoms with Gasteiger partial charge in [-0.3, -0.25) is 14.9 Å². The quantitative estimate of drug-likeness (QED) is 0.384. The molecule has 1 amide bonds. The van der Waals surface area contributed by atoms with Crippen molar-refractivity contribution in [2.24, 2.45) is 0 Å². The molecule has 0 fully saturated rings. The van der Waals surface area contributed by atoms with E-state index >= 15 is 0 Å². The van der Waals surface area contributed by atoms with Gasteiger partial charge in [0.05, 0.1) is 11.5 Å². The first-order valence-corrected chi connectivity index (χ1v) is 8.28. The average Bonchev–Trinajstić information content (AvgIpc) is 2.69. The molecule has 0 aliphatic rings. The van der Waals surface area contributed by atoms with E-state index in [4.69, 9.17) is 5.73 Å². The van der Waals surface area contributed by atoms with E-state index in [1.807, 2.05) is 0 Å². The number of nitrogens with one attached hydrogen (secondary N) is 3. The second-order valence-electron chi connectivity index (χ2n) is 5.94. The van der Waals surface area contributed by atoms with Crippen LogP contribution in [0.4, 0.5) is 27.4 Å². The number of non-ortho nitro benzene ring substituents is 1. The Hall–Kier alpha value is -3.72. The Balaban J connectivity index is 0.00000300. The summed E-state index contributed by atoms with van der Waals surface area (Å²) in [5, 5.41) is 16.4. The second-order valence-corrected chi connectivity index (χ2v) is 5.94. The number of aromatic amines is 1. The number of hydrogen-bond donors (Lipinski definition) is 3. The summed E-state index contributed by atoms with van der Waals surface area (Å²) in [5.74, 6) is 0.115. The Bertz CT molecular complexity index is 1010. The number of pyridine rings is 1. The number of amides is 1. The van der Waals surface area contributed by atoms with Crippen LogP contribution in [0.3, 0.4) is 0 Å². The largest absolute Gasteiger partial charge is 1.00 e. The number of H-pyrrole nitrogens is 1. The van der Waals surface area contributed by atoms with E-state index in [0.29, 0.717) is 18.1 Å². The van der Waals surface area contributed by atoms with Crippen LogP contribution in [0.15, 0.2) is 60.7 Å². The van der Waals surface area contributed by atoms with Gasteiger partial charge in [0, 0.05) is 23.8 Å². The van der Waals surface area contributed by atoms with Gasteiger partial charge < -0.3 is 28.8 Å². The van der Waals surface area contributed by atoms with Crippen LogP contribution < -0.4 is 33.8 Å². The molecule has 0 bridgehead atoms. The van der Waals surface area contributed by atoms with Crippen molar-refractivity contribution < 1.29 is 31.5 Å². The molecular weight excluding hydrogens is 401 g/mol. The van der Waals surface area contributed by atoms with Crippen LogP contribution in [0.2, 0.25) is 0 Å². The molecule has 5 N–H and O–H groups in total. The molecule has 0 saturated heterocycles. The van der Waals surface area contributed by atoms with E-state index in [-0.39, 0.29) is 35.3 Å². The van der Waals surface area contributed by atoms with Crippen molar-refractivity contribution in [2.75, 3.05) is 16.4 Å². The molecule has 3 aromatic rings. The van der Waals surface area contributed by atoms with Crippen LogP contribution in [0.5, 0.6) is 0 Å². The summed E-state index contributed by atoms with van der Waals surface area (Å²) in [5.41, 5.74) is 7.39.